The molecule has 4 aliphatic heterocycles. The number of pyridine rings is 1. The van der Waals surface area contributed by atoms with Gasteiger partial charge >= 0.3 is 0 Å². The van der Waals surface area contributed by atoms with E-state index in [1.165, 1.54) is 12.0 Å². The van der Waals surface area contributed by atoms with Crippen LogP contribution in [0.5, 0.6) is 0 Å². The summed E-state index contributed by atoms with van der Waals surface area (Å²) in [4.78, 5) is 20.7. The molecule has 2 atom stereocenters. The Kier molecular flexibility index (Phi) is 3.89. The predicted octanol–water partition coefficient (Wildman–Crippen LogP) is 2.17. The lowest BCUT2D eigenvalue weighted by molar-refractivity contribution is 0.225. The molecule has 7 heteroatoms. The molecule has 6 rings (SSSR count). The van der Waals surface area contributed by atoms with E-state index in [4.69, 9.17) is 0 Å². The minimum absolute atomic E-state index is 0.621. The van der Waals surface area contributed by atoms with Crippen LogP contribution in [0.1, 0.15) is 19.0 Å². The van der Waals surface area contributed by atoms with Crippen LogP contribution >= 0.6 is 0 Å². The average Bonchev–Trinajstić information content (AvgIpc) is 3.05. The lowest BCUT2D eigenvalue weighted by atomic mass is 9.91. The third-order valence-electron chi connectivity index (χ3n) is 5.24. The second-order valence-corrected chi connectivity index (χ2v) is 7.64. The van der Waals surface area contributed by atoms with Gasteiger partial charge in [-0.05, 0) is 44.1 Å². The van der Waals surface area contributed by atoms with E-state index in [0.29, 0.717) is 17.9 Å². The zero-order valence-corrected chi connectivity index (χ0v) is 15.6. The molecule has 2 unspecified atom stereocenters. The highest BCUT2D eigenvalue weighted by Crippen LogP contribution is 2.26. The van der Waals surface area contributed by atoms with Crippen LogP contribution in [0.4, 0.5) is 11.6 Å². The maximum absolute atomic E-state index is 4.67. The zero-order chi connectivity index (χ0) is 18.4. The van der Waals surface area contributed by atoms with Gasteiger partial charge in [0.1, 0.15) is 17.5 Å². The summed E-state index contributed by atoms with van der Waals surface area (Å²) in [5.74, 6) is 3.32. The van der Waals surface area contributed by atoms with Crippen LogP contribution in [-0.4, -0.2) is 52.5 Å². The summed E-state index contributed by atoms with van der Waals surface area (Å²) in [6, 6.07) is 7.31. The van der Waals surface area contributed by atoms with Crippen molar-refractivity contribution >= 4 is 17.5 Å². The van der Waals surface area contributed by atoms with Crippen LogP contribution < -0.4 is 15.5 Å². The minimum Gasteiger partial charge on any atom is -0.353 e. The first-order chi connectivity index (χ1) is 13.1. The number of amidine groups is 1. The highest BCUT2D eigenvalue weighted by molar-refractivity contribution is 6.05. The van der Waals surface area contributed by atoms with E-state index in [1.807, 2.05) is 25.3 Å². The van der Waals surface area contributed by atoms with Crippen LogP contribution in [0.3, 0.4) is 0 Å². The smallest absolute Gasteiger partial charge is 0.163 e. The van der Waals surface area contributed by atoms with E-state index in [0.717, 1.165) is 48.4 Å². The van der Waals surface area contributed by atoms with Crippen molar-refractivity contribution in [3.05, 3.63) is 41.7 Å². The zero-order valence-electron chi connectivity index (χ0n) is 15.6. The number of aryl methyl sites for hydroxylation is 1. The third-order valence-corrected chi connectivity index (χ3v) is 5.24. The highest BCUT2D eigenvalue weighted by Gasteiger charge is 2.36. The van der Waals surface area contributed by atoms with Crippen LogP contribution in [0, 0.1) is 6.92 Å². The molecular weight excluding hydrogens is 338 g/mol. The van der Waals surface area contributed by atoms with E-state index in [2.05, 4.69) is 54.5 Å². The number of fused-ring (bicyclic) bond motifs is 2. The Labute approximate surface area is 158 Å². The van der Waals surface area contributed by atoms with Crippen molar-refractivity contribution in [2.75, 3.05) is 29.9 Å². The van der Waals surface area contributed by atoms with Crippen LogP contribution in [0.15, 0.2) is 41.0 Å². The Morgan fingerprint density at radius 1 is 1.15 bits per heavy atom. The van der Waals surface area contributed by atoms with E-state index in [9.17, 15) is 0 Å². The summed E-state index contributed by atoms with van der Waals surface area (Å²) < 4.78 is 0. The van der Waals surface area contributed by atoms with Gasteiger partial charge < -0.3 is 15.5 Å². The van der Waals surface area contributed by atoms with Crippen LogP contribution in [0.2, 0.25) is 0 Å². The quantitative estimate of drug-likeness (QED) is 0.872. The molecule has 3 fully saturated rings. The number of piperazine rings is 1. The van der Waals surface area contributed by atoms with Gasteiger partial charge in [-0.1, -0.05) is 0 Å². The molecule has 0 amide bonds. The van der Waals surface area contributed by atoms with Gasteiger partial charge in [-0.2, -0.15) is 0 Å². The summed E-state index contributed by atoms with van der Waals surface area (Å²) in [7, 11) is 0. The van der Waals surface area contributed by atoms with Gasteiger partial charge in [0.25, 0.3) is 0 Å². The molecule has 138 valence electrons. The molecule has 4 aliphatic rings. The van der Waals surface area contributed by atoms with Gasteiger partial charge in [-0.25, -0.2) is 15.0 Å². The Hall–Kier alpha value is -2.80. The molecule has 6 heterocycles. The van der Waals surface area contributed by atoms with E-state index in [-0.39, 0.29) is 0 Å². The van der Waals surface area contributed by atoms with E-state index >= 15 is 0 Å². The van der Waals surface area contributed by atoms with Gasteiger partial charge in [-0.3, -0.25) is 4.99 Å². The predicted molar refractivity (Wildman–Crippen MR) is 107 cm³/mol. The Morgan fingerprint density at radius 3 is 2.63 bits per heavy atom. The van der Waals surface area contributed by atoms with Gasteiger partial charge in [0, 0.05) is 48.7 Å². The first-order valence-electron chi connectivity index (χ1n) is 9.44. The summed E-state index contributed by atoms with van der Waals surface area (Å²) in [6.45, 7) is 6.87. The fraction of sp³-hybridized carbons (Fsp3) is 0.400. The van der Waals surface area contributed by atoms with Gasteiger partial charge in [0.2, 0.25) is 0 Å². The number of aliphatic imine (C=N–C) groups is 1. The highest BCUT2D eigenvalue weighted by atomic mass is 15.3. The molecule has 0 saturated carbocycles. The first kappa shape index (κ1) is 16.4. The number of nitrogens with one attached hydrogen (secondary N) is 2. The Bertz CT molecular complexity index is 916. The van der Waals surface area contributed by atoms with Crippen molar-refractivity contribution in [1.29, 1.82) is 0 Å². The van der Waals surface area contributed by atoms with Gasteiger partial charge in [-0.15, -0.1) is 0 Å². The van der Waals surface area contributed by atoms with Crippen molar-refractivity contribution in [2.45, 2.75) is 32.4 Å². The molecule has 27 heavy (non-hydrogen) atoms. The Balaban J connectivity index is 1.36. The third kappa shape index (κ3) is 3.30. The molecule has 0 radical (unpaired) electrons. The Morgan fingerprint density at radius 2 is 1.96 bits per heavy atom. The van der Waals surface area contributed by atoms with Crippen LogP contribution in [-0.2, 0) is 0 Å². The van der Waals surface area contributed by atoms with Crippen molar-refractivity contribution in [1.82, 2.24) is 20.3 Å². The molecule has 7 nitrogen and oxygen atoms in total. The van der Waals surface area contributed by atoms with E-state index < -0.39 is 0 Å². The molecule has 2 N–H and O–H groups in total. The monoisotopic (exact) mass is 361 g/mol. The minimum atomic E-state index is 0.621. The largest absolute Gasteiger partial charge is 0.353 e. The topological polar surface area (TPSA) is 78.3 Å². The molecule has 2 aromatic rings. The van der Waals surface area contributed by atoms with Crippen molar-refractivity contribution in [3.63, 3.8) is 0 Å². The van der Waals surface area contributed by atoms with Crippen molar-refractivity contribution in [3.8, 4) is 11.4 Å². The van der Waals surface area contributed by atoms with E-state index in [1.54, 1.807) is 0 Å². The lowest BCUT2D eigenvalue weighted by Crippen LogP contribution is -2.67. The maximum Gasteiger partial charge on any atom is 0.163 e. The van der Waals surface area contributed by atoms with Gasteiger partial charge in [0.15, 0.2) is 5.82 Å². The summed E-state index contributed by atoms with van der Waals surface area (Å²) in [5.41, 5.74) is 3.08. The number of aromatic nitrogens is 3. The van der Waals surface area contributed by atoms with Crippen molar-refractivity contribution < 1.29 is 0 Å². The molecular formula is C20H23N7. The molecule has 2 bridgehead atoms. The van der Waals surface area contributed by atoms with Gasteiger partial charge in [0.05, 0.1) is 6.54 Å². The molecule has 0 aromatic carbocycles. The molecule has 0 spiro atoms. The first-order valence-corrected chi connectivity index (χ1v) is 9.44. The number of hydrogen-bond acceptors (Lipinski definition) is 7. The summed E-state index contributed by atoms with van der Waals surface area (Å²) in [6.07, 6.45) is 5.21. The molecule has 0 aliphatic carbocycles. The van der Waals surface area contributed by atoms with Crippen LogP contribution in [0.25, 0.3) is 11.4 Å². The number of rotatable bonds is 3. The number of hydrogen-bond donors (Lipinski definition) is 2. The summed E-state index contributed by atoms with van der Waals surface area (Å²) >= 11 is 0. The lowest BCUT2D eigenvalue weighted by Gasteiger charge is -2.48. The number of anilines is 2. The maximum atomic E-state index is 4.67. The number of nitrogens with zero attached hydrogens (tertiary/aromatic N) is 5. The average molecular weight is 361 g/mol. The second-order valence-electron chi connectivity index (χ2n) is 7.64. The fourth-order valence-corrected chi connectivity index (χ4v) is 3.91. The van der Waals surface area contributed by atoms with Crippen molar-refractivity contribution in [2.24, 2.45) is 4.99 Å². The SMILES string of the molecule is CC1=CC(Nc2cc(C)nc(-c3ccc(N4CC5CC(C4)N5)nc3)n2)=NC1. The second kappa shape index (κ2) is 6.42. The normalized spacial score (nSPS) is 23.6. The standard InChI is InChI=1S/C20H23N7/c1-12-5-17(21-8-12)25-18-6-13(2)23-20(26-18)14-3-4-19(22-9-14)27-10-15-7-16(11-27)24-15/h3-6,9,15-16,24H,7-8,10-11H2,1-2H3,(H,21,23,25,26). The fourth-order valence-electron chi connectivity index (χ4n) is 3.91. The molecule has 2 aromatic heterocycles. The molecule has 3 saturated heterocycles. The summed E-state index contributed by atoms with van der Waals surface area (Å²) in [5, 5.41) is 6.83. The number of piperidine rings is 1.